The zero-order valence-corrected chi connectivity index (χ0v) is 20.5. The number of nitrogens with zero attached hydrogens (tertiary/aromatic N) is 4. The fourth-order valence-electron chi connectivity index (χ4n) is 4.42. The van der Waals surface area contributed by atoms with Crippen LogP contribution in [0.1, 0.15) is 0 Å². The molecule has 182 valence electrons. The molecule has 6 aromatic rings. The average molecular weight is 493 g/mol. The molecule has 0 saturated carbocycles. The highest BCUT2D eigenvalue weighted by Gasteiger charge is 2.16. The maximum absolute atomic E-state index is 10.6. The number of phenols is 1. The highest BCUT2D eigenvalue weighted by atomic mass is 16.3. The fraction of sp³-hybridized carbons (Fsp3) is 0. The average Bonchev–Trinajstić information content (AvgIpc) is 2.99. The second-order valence-corrected chi connectivity index (χ2v) is 8.75. The van der Waals surface area contributed by atoms with Gasteiger partial charge < -0.3 is 5.11 Å². The number of para-hydroxylation sites is 2. The summed E-state index contributed by atoms with van der Waals surface area (Å²) in [6.45, 7) is 0. The number of aromatic nitrogens is 3. The van der Waals surface area contributed by atoms with Crippen LogP contribution >= 0.6 is 0 Å². The van der Waals surface area contributed by atoms with E-state index in [4.69, 9.17) is 9.97 Å². The summed E-state index contributed by atoms with van der Waals surface area (Å²) in [5, 5.41) is 10.6. The minimum atomic E-state index is 0.141. The molecule has 4 aromatic carbocycles. The lowest BCUT2D eigenvalue weighted by Gasteiger charge is -2.24. The van der Waals surface area contributed by atoms with Crippen molar-refractivity contribution in [2.45, 2.75) is 0 Å². The Bertz CT molecular complexity index is 1630. The van der Waals surface area contributed by atoms with Crippen molar-refractivity contribution in [3.63, 3.8) is 0 Å². The van der Waals surface area contributed by atoms with Crippen molar-refractivity contribution >= 4 is 17.2 Å². The lowest BCUT2D eigenvalue weighted by molar-refractivity contribution is 0.477. The largest absolute Gasteiger partial charge is 0.507 e. The Balaban J connectivity index is 1.51. The van der Waals surface area contributed by atoms with E-state index < -0.39 is 0 Å². The van der Waals surface area contributed by atoms with Crippen molar-refractivity contribution in [1.82, 2.24) is 15.0 Å². The van der Waals surface area contributed by atoms with E-state index in [1.807, 2.05) is 97.1 Å². The molecule has 1 N–H and O–H groups in total. The minimum Gasteiger partial charge on any atom is -0.507 e. The van der Waals surface area contributed by atoms with Gasteiger partial charge in [-0.25, -0.2) is 15.0 Å². The zero-order chi connectivity index (χ0) is 25.7. The van der Waals surface area contributed by atoms with E-state index in [0.717, 1.165) is 39.7 Å². The number of rotatable bonds is 6. The summed E-state index contributed by atoms with van der Waals surface area (Å²) >= 11 is 0. The maximum Gasteiger partial charge on any atom is 0.164 e. The summed E-state index contributed by atoms with van der Waals surface area (Å²) in [5.41, 5.74) is 5.99. The van der Waals surface area contributed by atoms with Gasteiger partial charge in [0, 0.05) is 28.7 Å². The van der Waals surface area contributed by atoms with E-state index in [9.17, 15) is 5.11 Å². The van der Waals surface area contributed by atoms with E-state index in [0.29, 0.717) is 11.4 Å². The number of pyridine rings is 1. The molecule has 0 spiro atoms. The van der Waals surface area contributed by atoms with Gasteiger partial charge in [0.05, 0.1) is 17.0 Å². The first-order valence-corrected chi connectivity index (χ1v) is 12.4. The number of aromatic hydroxyl groups is 1. The maximum atomic E-state index is 10.6. The second-order valence-electron chi connectivity index (χ2n) is 8.75. The van der Waals surface area contributed by atoms with Crippen LogP contribution in [0.3, 0.4) is 0 Å². The zero-order valence-electron chi connectivity index (χ0n) is 20.5. The van der Waals surface area contributed by atoms with Crippen molar-refractivity contribution < 1.29 is 5.11 Å². The van der Waals surface area contributed by atoms with Gasteiger partial charge in [0.1, 0.15) is 11.6 Å². The summed E-state index contributed by atoms with van der Waals surface area (Å²) in [7, 11) is 0. The predicted octanol–water partition coefficient (Wildman–Crippen LogP) is 8.05. The van der Waals surface area contributed by atoms with Crippen LogP contribution in [0.4, 0.5) is 17.2 Å². The molecule has 0 amide bonds. The van der Waals surface area contributed by atoms with Crippen LogP contribution in [-0.4, -0.2) is 20.1 Å². The Morgan fingerprint density at radius 3 is 1.89 bits per heavy atom. The number of phenolic OH excluding ortho intramolecular Hbond substituents is 1. The normalized spacial score (nSPS) is 10.7. The Hall–Kier alpha value is -5.29. The summed E-state index contributed by atoms with van der Waals surface area (Å²) in [4.78, 5) is 16.5. The summed E-state index contributed by atoms with van der Waals surface area (Å²) in [5.74, 6) is 1.43. The van der Waals surface area contributed by atoms with E-state index in [1.165, 1.54) is 0 Å². The molecule has 0 saturated heterocycles. The van der Waals surface area contributed by atoms with E-state index >= 15 is 0 Å². The molecule has 0 aliphatic carbocycles. The van der Waals surface area contributed by atoms with Crippen LogP contribution in [0.15, 0.2) is 140 Å². The van der Waals surface area contributed by atoms with Gasteiger partial charge >= 0.3 is 0 Å². The molecular formula is C33H24N4O. The molecule has 0 radical (unpaired) electrons. The van der Waals surface area contributed by atoms with Crippen LogP contribution in [0.5, 0.6) is 5.75 Å². The van der Waals surface area contributed by atoms with Crippen LogP contribution in [0.25, 0.3) is 33.9 Å². The van der Waals surface area contributed by atoms with Gasteiger partial charge in [-0.3, -0.25) is 4.90 Å². The third-order valence-corrected chi connectivity index (χ3v) is 6.23. The summed E-state index contributed by atoms with van der Waals surface area (Å²) < 4.78 is 0. The van der Waals surface area contributed by atoms with Crippen molar-refractivity contribution in [2.75, 3.05) is 4.90 Å². The third-order valence-electron chi connectivity index (χ3n) is 6.23. The molecular weight excluding hydrogens is 468 g/mol. The van der Waals surface area contributed by atoms with Crippen molar-refractivity contribution in [2.24, 2.45) is 0 Å². The van der Waals surface area contributed by atoms with Crippen LogP contribution in [0.2, 0.25) is 0 Å². The number of benzene rings is 4. The molecule has 0 aliphatic heterocycles. The molecule has 5 nitrogen and oxygen atoms in total. The molecule has 0 atom stereocenters. The minimum absolute atomic E-state index is 0.141. The van der Waals surface area contributed by atoms with Crippen molar-refractivity contribution in [3.05, 3.63) is 140 Å². The van der Waals surface area contributed by atoms with Gasteiger partial charge in [-0.05, 0) is 54.6 Å². The van der Waals surface area contributed by atoms with Gasteiger partial charge in [0.25, 0.3) is 0 Å². The molecule has 2 heterocycles. The van der Waals surface area contributed by atoms with Gasteiger partial charge in [-0.1, -0.05) is 78.9 Å². The highest BCUT2D eigenvalue weighted by Crippen LogP contribution is 2.36. The smallest absolute Gasteiger partial charge is 0.164 e. The van der Waals surface area contributed by atoms with Crippen LogP contribution < -0.4 is 4.90 Å². The monoisotopic (exact) mass is 492 g/mol. The fourth-order valence-corrected chi connectivity index (χ4v) is 4.42. The molecule has 0 aliphatic rings. The first-order valence-electron chi connectivity index (χ1n) is 12.4. The molecule has 38 heavy (non-hydrogen) atoms. The number of anilines is 3. The van der Waals surface area contributed by atoms with E-state index in [1.54, 1.807) is 18.3 Å². The number of hydrogen-bond acceptors (Lipinski definition) is 5. The first kappa shape index (κ1) is 23.1. The van der Waals surface area contributed by atoms with Gasteiger partial charge in [-0.15, -0.1) is 0 Å². The van der Waals surface area contributed by atoms with Crippen LogP contribution in [-0.2, 0) is 0 Å². The van der Waals surface area contributed by atoms with Crippen molar-refractivity contribution in [3.8, 4) is 39.7 Å². The topological polar surface area (TPSA) is 62.1 Å². The molecule has 0 fully saturated rings. The predicted molar refractivity (Wildman–Crippen MR) is 152 cm³/mol. The molecule has 0 bridgehead atoms. The van der Waals surface area contributed by atoms with E-state index in [2.05, 4.69) is 34.1 Å². The lowest BCUT2D eigenvalue weighted by atomic mass is 10.1. The third kappa shape index (κ3) is 4.73. The highest BCUT2D eigenvalue weighted by molar-refractivity contribution is 5.79. The Morgan fingerprint density at radius 1 is 0.526 bits per heavy atom. The summed E-state index contributed by atoms with van der Waals surface area (Å²) in [6.07, 6.45) is 1.80. The van der Waals surface area contributed by atoms with Crippen LogP contribution in [0, 0.1) is 0 Å². The molecule has 2 aromatic heterocycles. The lowest BCUT2D eigenvalue weighted by Crippen LogP contribution is -2.11. The molecule has 0 unspecified atom stereocenters. The van der Waals surface area contributed by atoms with Gasteiger partial charge in [-0.2, -0.15) is 0 Å². The molecule has 5 heteroatoms. The van der Waals surface area contributed by atoms with Gasteiger partial charge in [0.15, 0.2) is 5.82 Å². The number of hydrogen-bond donors (Lipinski definition) is 1. The quantitative estimate of drug-likeness (QED) is 0.255. The summed E-state index contributed by atoms with van der Waals surface area (Å²) in [6, 6.07) is 43.4. The van der Waals surface area contributed by atoms with E-state index in [-0.39, 0.29) is 5.75 Å². The SMILES string of the molecule is Oc1ccccc1-c1nc(-c2ccccc2)cc(-c2cccc(N(c3ccccc3)c3ccccn3)c2)n1. The second kappa shape index (κ2) is 10.4. The Kier molecular flexibility index (Phi) is 6.31. The standard InChI is InChI=1S/C33H24N4O/c38-31-19-8-7-18-28(31)33-35-29(24-12-3-1-4-13-24)23-30(36-33)25-14-11-17-27(22-25)37(26-15-5-2-6-16-26)32-20-9-10-21-34-32/h1-23,38H. The molecule has 6 rings (SSSR count). The van der Waals surface area contributed by atoms with Gasteiger partial charge in [0.2, 0.25) is 0 Å². The Morgan fingerprint density at radius 2 is 1.16 bits per heavy atom. The Labute approximate surface area is 221 Å². The van der Waals surface area contributed by atoms with Crippen molar-refractivity contribution in [1.29, 1.82) is 0 Å². The first-order chi connectivity index (χ1) is 18.8.